The van der Waals surface area contributed by atoms with Gasteiger partial charge in [0.1, 0.15) is 11.9 Å². The van der Waals surface area contributed by atoms with Gasteiger partial charge in [0.15, 0.2) is 0 Å². The van der Waals surface area contributed by atoms with Crippen molar-refractivity contribution in [3.63, 3.8) is 0 Å². The normalized spacial score (nSPS) is 18.5. The first-order chi connectivity index (χ1) is 9.52. The summed E-state index contributed by atoms with van der Waals surface area (Å²) >= 11 is 0. The summed E-state index contributed by atoms with van der Waals surface area (Å²) in [5.74, 6) is -1.76. The molecule has 1 aliphatic rings. The number of hydrazine groups is 1. The van der Waals surface area contributed by atoms with E-state index in [1.165, 1.54) is 18.2 Å². The Bertz CT molecular complexity index is 562. The van der Waals surface area contributed by atoms with Gasteiger partial charge in [-0.1, -0.05) is 6.07 Å². The molecule has 0 bridgehead atoms. The predicted octanol–water partition coefficient (Wildman–Crippen LogP) is 0.208. The van der Waals surface area contributed by atoms with Crippen molar-refractivity contribution in [2.45, 2.75) is 19.4 Å². The van der Waals surface area contributed by atoms with Crippen molar-refractivity contribution in [2.24, 2.45) is 0 Å². The zero-order chi connectivity index (χ0) is 14.7. The number of amides is 3. The van der Waals surface area contributed by atoms with Gasteiger partial charge >= 0.3 is 0 Å². The molecule has 7 heteroatoms. The fraction of sp³-hybridized carbons (Fsp3) is 0.308. The highest BCUT2D eigenvalue weighted by atomic mass is 19.1. The first-order valence-corrected chi connectivity index (χ1v) is 6.18. The molecule has 1 fully saturated rings. The number of imide groups is 1. The van der Waals surface area contributed by atoms with Gasteiger partial charge in [-0.3, -0.25) is 24.7 Å². The fourth-order valence-electron chi connectivity index (χ4n) is 1.98. The van der Waals surface area contributed by atoms with Gasteiger partial charge in [-0.25, -0.2) is 9.82 Å². The van der Waals surface area contributed by atoms with E-state index >= 15 is 0 Å². The van der Waals surface area contributed by atoms with Crippen molar-refractivity contribution in [3.8, 4) is 0 Å². The number of likely N-dealkylation sites (N-methyl/N-ethyl adjacent to an activating group) is 1. The second kappa shape index (κ2) is 5.79. The summed E-state index contributed by atoms with van der Waals surface area (Å²) in [5, 5.41) is 0. The van der Waals surface area contributed by atoms with Crippen molar-refractivity contribution >= 4 is 17.7 Å². The molecule has 0 aromatic heterocycles. The summed E-state index contributed by atoms with van der Waals surface area (Å²) < 4.78 is 13.0. The molecule has 0 spiro atoms. The molecular weight excluding hydrogens is 265 g/mol. The molecule has 1 saturated heterocycles. The van der Waals surface area contributed by atoms with Crippen LogP contribution >= 0.6 is 0 Å². The number of nitrogens with one attached hydrogen (secondary N) is 2. The topological polar surface area (TPSA) is 78.5 Å². The Morgan fingerprint density at radius 3 is 2.80 bits per heavy atom. The summed E-state index contributed by atoms with van der Waals surface area (Å²) in [6.07, 6.45) is -0.00386. The number of carbonyl (C=O) groups is 3. The molecule has 0 radical (unpaired) electrons. The van der Waals surface area contributed by atoms with Crippen LogP contribution in [0.3, 0.4) is 0 Å². The molecule has 2 N–H and O–H groups in total. The molecule has 6 nitrogen and oxygen atoms in total. The number of rotatable bonds is 4. The smallest absolute Gasteiger partial charge is 0.265 e. The first kappa shape index (κ1) is 14.1. The van der Waals surface area contributed by atoms with E-state index in [2.05, 4.69) is 10.9 Å². The SMILES string of the molecule is CCN1C(=O)CC(NNC(=O)c2cccc(F)c2)C1=O. The van der Waals surface area contributed by atoms with Crippen LogP contribution < -0.4 is 10.9 Å². The lowest BCUT2D eigenvalue weighted by atomic mass is 10.2. The van der Waals surface area contributed by atoms with Crippen LogP contribution in [0, 0.1) is 5.82 Å². The van der Waals surface area contributed by atoms with Gasteiger partial charge in [0.2, 0.25) is 11.8 Å². The van der Waals surface area contributed by atoms with Crippen LogP contribution in [-0.4, -0.2) is 35.2 Å². The first-order valence-electron chi connectivity index (χ1n) is 6.18. The standard InChI is InChI=1S/C13H14FN3O3/c1-2-17-11(18)7-10(13(17)20)15-16-12(19)8-4-3-5-9(14)6-8/h3-6,10,15H,2,7H2,1H3,(H,16,19). The molecule has 106 valence electrons. The highest BCUT2D eigenvalue weighted by molar-refractivity contribution is 6.05. The molecule has 3 amide bonds. The zero-order valence-corrected chi connectivity index (χ0v) is 10.9. The average molecular weight is 279 g/mol. The van der Waals surface area contributed by atoms with Crippen molar-refractivity contribution in [1.82, 2.24) is 15.8 Å². The van der Waals surface area contributed by atoms with Gasteiger partial charge in [0.25, 0.3) is 5.91 Å². The molecule has 1 aliphatic heterocycles. The minimum Gasteiger partial charge on any atom is -0.287 e. The quantitative estimate of drug-likeness (QED) is 0.610. The third-order valence-electron chi connectivity index (χ3n) is 3.01. The van der Waals surface area contributed by atoms with Crippen LogP contribution in [0.2, 0.25) is 0 Å². The molecule has 2 rings (SSSR count). The minimum atomic E-state index is -0.778. The fourth-order valence-corrected chi connectivity index (χ4v) is 1.98. The number of likely N-dealkylation sites (tertiary alicyclic amines) is 1. The van der Waals surface area contributed by atoms with E-state index in [0.717, 1.165) is 11.0 Å². The third kappa shape index (κ3) is 2.83. The Morgan fingerprint density at radius 1 is 1.45 bits per heavy atom. The molecule has 0 saturated carbocycles. The van der Waals surface area contributed by atoms with E-state index in [1.54, 1.807) is 6.92 Å². The number of benzene rings is 1. The molecule has 1 heterocycles. The van der Waals surface area contributed by atoms with Gasteiger partial charge in [-0.15, -0.1) is 0 Å². The second-order valence-electron chi connectivity index (χ2n) is 4.34. The summed E-state index contributed by atoms with van der Waals surface area (Å²) in [4.78, 5) is 36.1. The Balaban J connectivity index is 1.95. The van der Waals surface area contributed by atoms with E-state index < -0.39 is 17.8 Å². The van der Waals surface area contributed by atoms with Gasteiger partial charge < -0.3 is 0 Å². The van der Waals surface area contributed by atoms with E-state index in [-0.39, 0.29) is 23.8 Å². The van der Waals surface area contributed by atoms with Crippen LogP contribution in [-0.2, 0) is 9.59 Å². The third-order valence-corrected chi connectivity index (χ3v) is 3.01. The summed E-state index contributed by atoms with van der Waals surface area (Å²) in [5.41, 5.74) is 4.94. The summed E-state index contributed by atoms with van der Waals surface area (Å²) in [6, 6.07) is 4.38. The van der Waals surface area contributed by atoms with Crippen molar-refractivity contribution in [1.29, 1.82) is 0 Å². The largest absolute Gasteiger partial charge is 0.287 e. The molecule has 20 heavy (non-hydrogen) atoms. The maximum atomic E-state index is 13.0. The van der Waals surface area contributed by atoms with E-state index in [4.69, 9.17) is 0 Å². The van der Waals surface area contributed by atoms with E-state index in [9.17, 15) is 18.8 Å². The molecule has 1 aromatic carbocycles. The van der Waals surface area contributed by atoms with Gasteiger partial charge in [-0.05, 0) is 25.1 Å². The lowest BCUT2D eigenvalue weighted by Gasteiger charge is -2.13. The number of carbonyl (C=O) groups excluding carboxylic acids is 3. The Kier molecular flexibility index (Phi) is 4.09. The molecule has 1 aromatic rings. The lowest BCUT2D eigenvalue weighted by Crippen LogP contribution is -2.48. The molecule has 1 atom stereocenters. The van der Waals surface area contributed by atoms with Crippen LogP contribution in [0.25, 0.3) is 0 Å². The number of halogens is 1. The predicted molar refractivity (Wildman–Crippen MR) is 67.8 cm³/mol. The van der Waals surface area contributed by atoms with E-state index in [1.807, 2.05) is 0 Å². The van der Waals surface area contributed by atoms with Gasteiger partial charge in [0.05, 0.1) is 6.42 Å². The number of nitrogens with zero attached hydrogens (tertiary/aromatic N) is 1. The second-order valence-corrected chi connectivity index (χ2v) is 4.34. The number of hydrogen-bond donors (Lipinski definition) is 2. The van der Waals surface area contributed by atoms with Crippen LogP contribution in [0.4, 0.5) is 4.39 Å². The van der Waals surface area contributed by atoms with Crippen LogP contribution in [0.5, 0.6) is 0 Å². The minimum absolute atomic E-state index is 0.00386. The number of hydrogen-bond acceptors (Lipinski definition) is 4. The maximum absolute atomic E-state index is 13.0. The van der Waals surface area contributed by atoms with Crippen LogP contribution in [0.15, 0.2) is 24.3 Å². The zero-order valence-electron chi connectivity index (χ0n) is 10.9. The highest BCUT2D eigenvalue weighted by Gasteiger charge is 2.37. The van der Waals surface area contributed by atoms with Crippen molar-refractivity contribution in [2.75, 3.05) is 6.54 Å². The van der Waals surface area contributed by atoms with Crippen LogP contribution in [0.1, 0.15) is 23.7 Å². The lowest BCUT2D eigenvalue weighted by molar-refractivity contribution is -0.138. The van der Waals surface area contributed by atoms with Gasteiger partial charge in [-0.2, -0.15) is 0 Å². The highest BCUT2D eigenvalue weighted by Crippen LogP contribution is 2.11. The Labute approximate surface area is 114 Å². The summed E-state index contributed by atoms with van der Waals surface area (Å²) in [7, 11) is 0. The summed E-state index contributed by atoms with van der Waals surface area (Å²) in [6.45, 7) is 2.00. The monoisotopic (exact) mass is 279 g/mol. The van der Waals surface area contributed by atoms with Crippen molar-refractivity contribution < 1.29 is 18.8 Å². The average Bonchev–Trinajstić information content (AvgIpc) is 2.70. The molecule has 1 unspecified atom stereocenters. The van der Waals surface area contributed by atoms with Gasteiger partial charge in [0, 0.05) is 12.1 Å². The molecule has 0 aliphatic carbocycles. The Morgan fingerprint density at radius 2 is 2.20 bits per heavy atom. The van der Waals surface area contributed by atoms with Crippen molar-refractivity contribution in [3.05, 3.63) is 35.6 Å². The maximum Gasteiger partial charge on any atom is 0.265 e. The Hall–Kier alpha value is -2.28. The molecular formula is C13H14FN3O3. The van der Waals surface area contributed by atoms with E-state index in [0.29, 0.717) is 6.54 Å².